The van der Waals surface area contributed by atoms with Gasteiger partial charge in [-0.15, -0.1) is 10.2 Å². The highest BCUT2D eigenvalue weighted by Gasteiger charge is 2.18. The fourth-order valence-electron chi connectivity index (χ4n) is 2.93. The molecule has 0 amide bonds. The molecule has 0 N–H and O–H groups in total. The van der Waals surface area contributed by atoms with Crippen LogP contribution in [-0.4, -0.2) is 39.3 Å². The first-order valence-electron chi connectivity index (χ1n) is 9.87. The summed E-state index contributed by atoms with van der Waals surface area (Å²) in [6.07, 6.45) is 3.33. The molecule has 0 spiro atoms. The van der Waals surface area contributed by atoms with E-state index in [0.717, 1.165) is 5.56 Å². The highest BCUT2D eigenvalue weighted by atomic mass is 32.2. The maximum absolute atomic E-state index is 12.5. The number of furan rings is 2. The van der Waals surface area contributed by atoms with Crippen LogP contribution in [0.25, 0.3) is 22.9 Å². The lowest BCUT2D eigenvalue weighted by molar-refractivity contribution is -0.116. The quantitative estimate of drug-likeness (QED) is 0.246. The van der Waals surface area contributed by atoms with Gasteiger partial charge in [0.05, 0.1) is 30.4 Å². The lowest BCUT2D eigenvalue weighted by atomic mass is 10.1. The molecular weight excluding hydrogens is 442 g/mol. The Bertz CT molecular complexity index is 1190. The van der Waals surface area contributed by atoms with Gasteiger partial charge in [-0.25, -0.2) is 9.78 Å². The van der Waals surface area contributed by atoms with Crippen LogP contribution < -0.4 is 0 Å². The number of carbonyl (C=O) groups is 2. The minimum Gasteiger partial charge on any atom is -0.463 e. The van der Waals surface area contributed by atoms with Gasteiger partial charge in [0.1, 0.15) is 11.5 Å². The number of benzene rings is 1. The Balaban J connectivity index is 0.00000306. The molecule has 0 fully saturated rings. The fourth-order valence-corrected chi connectivity index (χ4v) is 3.58. The topological polar surface area (TPSA) is 108 Å². The largest absolute Gasteiger partial charge is 0.463 e. The van der Waals surface area contributed by atoms with E-state index in [1.54, 1.807) is 68.0 Å². The third kappa shape index (κ3) is 5.95. The molecule has 4 rings (SSSR count). The summed E-state index contributed by atoms with van der Waals surface area (Å²) in [5.41, 5.74) is 2.22. The van der Waals surface area contributed by atoms with Gasteiger partial charge in [0.25, 0.3) is 0 Å². The van der Waals surface area contributed by atoms with Gasteiger partial charge in [0.15, 0.2) is 17.2 Å². The molecule has 170 valence electrons. The summed E-state index contributed by atoms with van der Waals surface area (Å²) in [7, 11) is 0. The van der Waals surface area contributed by atoms with E-state index < -0.39 is 0 Å². The molecule has 0 saturated carbocycles. The van der Waals surface area contributed by atoms with Gasteiger partial charge < -0.3 is 13.6 Å². The average Bonchev–Trinajstić information content (AvgIpc) is 3.53. The Hall–Kier alpha value is -3.72. The predicted octanol–water partition coefficient (Wildman–Crippen LogP) is 5.11. The second-order valence-electron chi connectivity index (χ2n) is 6.67. The number of aromatic nitrogens is 3. The van der Waals surface area contributed by atoms with Gasteiger partial charge in [0.2, 0.25) is 5.16 Å². The molecule has 8 nitrogen and oxygen atoms in total. The highest BCUT2D eigenvalue weighted by molar-refractivity contribution is 7.99. The monoisotopic (exact) mass is 465 g/mol. The van der Waals surface area contributed by atoms with E-state index in [2.05, 4.69) is 15.2 Å². The Morgan fingerprint density at radius 1 is 0.939 bits per heavy atom. The molecule has 0 saturated heterocycles. The van der Waals surface area contributed by atoms with E-state index >= 15 is 0 Å². The minimum atomic E-state index is -0.379. The zero-order valence-corrected chi connectivity index (χ0v) is 18.0. The number of carbonyl (C=O) groups excluding carboxylic acids is 2. The van der Waals surface area contributed by atoms with Crippen molar-refractivity contribution in [1.82, 2.24) is 15.2 Å². The molecule has 0 aliphatic rings. The normalized spacial score (nSPS) is 10.5. The van der Waals surface area contributed by atoms with Crippen LogP contribution >= 0.6 is 11.8 Å². The van der Waals surface area contributed by atoms with Crippen LogP contribution in [0.5, 0.6) is 0 Å². The molecule has 3 aromatic heterocycles. The molecule has 9 heteroatoms. The van der Waals surface area contributed by atoms with E-state index in [0.29, 0.717) is 40.2 Å². The van der Waals surface area contributed by atoms with Gasteiger partial charge in [-0.1, -0.05) is 31.3 Å². The molecule has 3 heterocycles. The minimum absolute atomic E-state index is 0. The standard InChI is InChI=1S/C23H19N3O5S.CH4/c1-2-29-22(28)16-9-7-15(8-10-16)13-17(27)14-32-23-24-20(18-5-3-11-30-18)21(25-26-23)19-6-4-12-31-19;/h3-12H,2,13-14H2,1H3;1H4. The molecule has 0 unspecified atom stereocenters. The maximum atomic E-state index is 12.5. The molecule has 0 radical (unpaired) electrons. The second kappa shape index (κ2) is 11.2. The predicted molar refractivity (Wildman–Crippen MR) is 124 cm³/mol. The summed E-state index contributed by atoms with van der Waals surface area (Å²) in [6, 6.07) is 13.9. The van der Waals surface area contributed by atoms with Crippen LogP contribution in [0.4, 0.5) is 0 Å². The average molecular weight is 466 g/mol. The number of Topliss-reactive ketones (excluding diaryl/α,β-unsaturated/α-hetero) is 1. The number of thioether (sulfide) groups is 1. The van der Waals surface area contributed by atoms with Crippen molar-refractivity contribution >= 4 is 23.5 Å². The van der Waals surface area contributed by atoms with Crippen molar-refractivity contribution in [2.24, 2.45) is 0 Å². The maximum Gasteiger partial charge on any atom is 0.338 e. The number of rotatable bonds is 9. The summed E-state index contributed by atoms with van der Waals surface area (Å²) in [4.78, 5) is 28.7. The van der Waals surface area contributed by atoms with Crippen LogP contribution in [0, 0.1) is 0 Å². The second-order valence-corrected chi connectivity index (χ2v) is 7.61. The van der Waals surface area contributed by atoms with Crippen molar-refractivity contribution in [3.05, 3.63) is 72.2 Å². The van der Waals surface area contributed by atoms with E-state index in [1.807, 2.05) is 0 Å². The van der Waals surface area contributed by atoms with Crippen molar-refractivity contribution in [3.8, 4) is 22.9 Å². The molecule has 33 heavy (non-hydrogen) atoms. The van der Waals surface area contributed by atoms with E-state index in [-0.39, 0.29) is 31.4 Å². The molecular formula is C24H23N3O5S. The number of esters is 1. The van der Waals surface area contributed by atoms with Crippen molar-refractivity contribution < 1.29 is 23.2 Å². The van der Waals surface area contributed by atoms with Gasteiger partial charge in [-0.2, -0.15) is 0 Å². The first-order valence-corrected chi connectivity index (χ1v) is 10.9. The lowest BCUT2D eigenvalue weighted by Crippen LogP contribution is -2.08. The molecule has 0 aliphatic carbocycles. The number of ketones is 1. The van der Waals surface area contributed by atoms with Crippen molar-refractivity contribution in [1.29, 1.82) is 0 Å². The van der Waals surface area contributed by atoms with Crippen molar-refractivity contribution in [2.45, 2.75) is 25.9 Å². The Morgan fingerprint density at radius 2 is 1.61 bits per heavy atom. The first-order chi connectivity index (χ1) is 15.6. The van der Waals surface area contributed by atoms with Gasteiger partial charge in [-0.3, -0.25) is 4.79 Å². The number of hydrogen-bond acceptors (Lipinski definition) is 9. The van der Waals surface area contributed by atoms with E-state index in [4.69, 9.17) is 13.6 Å². The summed E-state index contributed by atoms with van der Waals surface area (Å²) >= 11 is 1.20. The molecule has 0 atom stereocenters. The molecule has 0 aliphatic heterocycles. The van der Waals surface area contributed by atoms with Crippen molar-refractivity contribution in [3.63, 3.8) is 0 Å². The van der Waals surface area contributed by atoms with Crippen LogP contribution in [0.1, 0.15) is 30.3 Å². The molecule has 4 aromatic rings. The number of ether oxygens (including phenoxy) is 1. The summed E-state index contributed by atoms with van der Waals surface area (Å²) in [6.45, 7) is 2.07. The van der Waals surface area contributed by atoms with Gasteiger partial charge in [-0.05, 0) is 48.9 Å². The highest BCUT2D eigenvalue weighted by Crippen LogP contribution is 2.30. The van der Waals surface area contributed by atoms with Crippen LogP contribution in [0.3, 0.4) is 0 Å². The van der Waals surface area contributed by atoms with Gasteiger partial charge >= 0.3 is 5.97 Å². The zero-order chi connectivity index (χ0) is 22.3. The molecule has 0 bridgehead atoms. The number of nitrogens with zero attached hydrogens (tertiary/aromatic N) is 3. The lowest BCUT2D eigenvalue weighted by Gasteiger charge is -2.06. The van der Waals surface area contributed by atoms with E-state index in [1.165, 1.54) is 11.8 Å². The smallest absolute Gasteiger partial charge is 0.338 e. The van der Waals surface area contributed by atoms with Crippen LogP contribution in [-0.2, 0) is 16.0 Å². The fraction of sp³-hybridized carbons (Fsp3) is 0.208. The summed E-state index contributed by atoms with van der Waals surface area (Å²) in [5, 5.41) is 8.73. The summed E-state index contributed by atoms with van der Waals surface area (Å²) < 4.78 is 15.9. The first kappa shape index (κ1) is 23.9. The molecule has 1 aromatic carbocycles. The van der Waals surface area contributed by atoms with Crippen LogP contribution in [0.2, 0.25) is 0 Å². The SMILES string of the molecule is C.CCOC(=O)c1ccc(CC(=O)CSc2nnc(-c3ccco3)c(-c3ccco3)n2)cc1. The zero-order valence-electron chi connectivity index (χ0n) is 17.2. The Kier molecular flexibility index (Phi) is 8.15. The Labute approximate surface area is 195 Å². The van der Waals surface area contributed by atoms with Gasteiger partial charge in [0, 0.05) is 6.42 Å². The number of hydrogen-bond donors (Lipinski definition) is 0. The van der Waals surface area contributed by atoms with E-state index in [9.17, 15) is 9.59 Å². The third-order valence-electron chi connectivity index (χ3n) is 4.41. The Morgan fingerprint density at radius 3 is 2.21 bits per heavy atom. The van der Waals surface area contributed by atoms with Crippen molar-refractivity contribution in [2.75, 3.05) is 12.4 Å². The third-order valence-corrected chi connectivity index (χ3v) is 5.30. The van der Waals surface area contributed by atoms with Crippen LogP contribution in [0.15, 0.2) is 75.0 Å². The summed E-state index contributed by atoms with van der Waals surface area (Å²) in [5.74, 6) is 0.850.